The fourth-order valence-electron chi connectivity index (χ4n) is 3.64. The third kappa shape index (κ3) is 4.27. The van der Waals surface area contributed by atoms with Gasteiger partial charge in [-0.15, -0.1) is 0 Å². The molecular formula is C21H26N4O2. The lowest BCUT2D eigenvalue weighted by Crippen LogP contribution is -2.42. The zero-order chi connectivity index (χ0) is 19.4. The molecule has 0 unspecified atom stereocenters. The van der Waals surface area contributed by atoms with E-state index in [1.807, 2.05) is 32.0 Å². The van der Waals surface area contributed by atoms with Gasteiger partial charge in [0, 0.05) is 28.7 Å². The Labute approximate surface area is 159 Å². The summed E-state index contributed by atoms with van der Waals surface area (Å²) in [4.78, 5) is 23.8. The molecule has 0 saturated heterocycles. The number of nitrogens with zero attached hydrogens (tertiary/aromatic N) is 2. The van der Waals surface area contributed by atoms with Gasteiger partial charge in [-0.2, -0.15) is 5.10 Å². The lowest BCUT2D eigenvalue weighted by molar-refractivity contribution is -0.139. The molecule has 1 heterocycles. The van der Waals surface area contributed by atoms with Crippen LogP contribution in [0.4, 0.5) is 0 Å². The quantitative estimate of drug-likeness (QED) is 0.496. The van der Waals surface area contributed by atoms with Gasteiger partial charge in [0.05, 0.1) is 6.21 Å². The Morgan fingerprint density at radius 3 is 2.52 bits per heavy atom. The standard InChI is InChI=1S/C21H26N4O2/c1-14-8-4-7-11-19(14)25-15(2)12-17(16(25)3)13-22-24-21(27)20(26)23-18-9-5-6-10-18/h4,7-8,11-13,18H,5-6,9-10H2,1-3H3,(H,23,26)(H,24,27)/b22-13-. The monoisotopic (exact) mass is 366 g/mol. The molecule has 27 heavy (non-hydrogen) atoms. The number of hydrazone groups is 1. The van der Waals surface area contributed by atoms with Crippen molar-refractivity contribution in [2.75, 3.05) is 0 Å². The third-order valence-electron chi connectivity index (χ3n) is 5.09. The third-order valence-corrected chi connectivity index (χ3v) is 5.09. The minimum atomic E-state index is -0.731. The van der Waals surface area contributed by atoms with Crippen molar-refractivity contribution in [3.63, 3.8) is 0 Å². The van der Waals surface area contributed by atoms with Gasteiger partial charge in [-0.1, -0.05) is 31.0 Å². The van der Waals surface area contributed by atoms with Gasteiger partial charge in [-0.3, -0.25) is 9.59 Å². The molecule has 2 amide bonds. The number of nitrogens with one attached hydrogen (secondary N) is 2. The molecule has 0 bridgehead atoms. The molecule has 6 heteroatoms. The fourth-order valence-corrected chi connectivity index (χ4v) is 3.64. The summed E-state index contributed by atoms with van der Waals surface area (Å²) in [6.45, 7) is 6.12. The van der Waals surface area contributed by atoms with Crippen LogP contribution in [0.2, 0.25) is 0 Å². The molecule has 1 fully saturated rings. The van der Waals surface area contributed by atoms with Gasteiger partial charge in [-0.25, -0.2) is 5.43 Å². The smallest absolute Gasteiger partial charge is 0.329 e. The van der Waals surface area contributed by atoms with E-state index in [0.29, 0.717) is 0 Å². The van der Waals surface area contributed by atoms with E-state index in [-0.39, 0.29) is 6.04 Å². The second kappa shape index (κ2) is 8.20. The number of rotatable bonds is 4. The largest absolute Gasteiger partial charge is 0.345 e. The van der Waals surface area contributed by atoms with Gasteiger partial charge in [0.25, 0.3) is 0 Å². The number of amides is 2. The summed E-state index contributed by atoms with van der Waals surface area (Å²) in [6.07, 6.45) is 5.65. The van der Waals surface area contributed by atoms with E-state index < -0.39 is 11.8 Å². The lowest BCUT2D eigenvalue weighted by atomic mass is 10.2. The van der Waals surface area contributed by atoms with Crippen LogP contribution >= 0.6 is 0 Å². The molecule has 142 valence electrons. The normalized spacial score (nSPS) is 14.6. The number of carbonyl (C=O) groups is 2. The number of hydrogen-bond donors (Lipinski definition) is 2. The summed E-state index contributed by atoms with van der Waals surface area (Å²) in [7, 11) is 0. The molecule has 3 rings (SSSR count). The van der Waals surface area contributed by atoms with E-state index >= 15 is 0 Å². The summed E-state index contributed by atoms with van der Waals surface area (Å²) >= 11 is 0. The predicted molar refractivity (Wildman–Crippen MR) is 106 cm³/mol. The molecular weight excluding hydrogens is 340 g/mol. The fraction of sp³-hybridized carbons (Fsp3) is 0.381. The van der Waals surface area contributed by atoms with Gasteiger partial charge < -0.3 is 9.88 Å². The summed E-state index contributed by atoms with van der Waals surface area (Å²) in [5.74, 6) is -1.35. The molecule has 2 N–H and O–H groups in total. The molecule has 0 aliphatic heterocycles. The Morgan fingerprint density at radius 1 is 1.11 bits per heavy atom. The number of aromatic nitrogens is 1. The van der Waals surface area contributed by atoms with E-state index in [1.54, 1.807) is 6.21 Å². The van der Waals surface area contributed by atoms with Crippen LogP contribution in [0.5, 0.6) is 0 Å². The first-order valence-electron chi connectivity index (χ1n) is 9.36. The van der Waals surface area contributed by atoms with Crippen molar-refractivity contribution in [2.24, 2.45) is 5.10 Å². The first-order valence-corrected chi connectivity index (χ1v) is 9.36. The molecule has 0 atom stereocenters. The number of para-hydroxylation sites is 1. The molecule has 0 spiro atoms. The van der Waals surface area contributed by atoms with Gasteiger partial charge in [-0.05, 0) is 51.3 Å². The highest BCUT2D eigenvalue weighted by molar-refractivity contribution is 6.35. The zero-order valence-electron chi connectivity index (χ0n) is 16.1. The number of aryl methyl sites for hydroxylation is 2. The summed E-state index contributed by atoms with van der Waals surface area (Å²) < 4.78 is 2.16. The summed E-state index contributed by atoms with van der Waals surface area (Å²) in [5, 5.41) is 6.72. The Balaban J connectivity index is 1.67. The van der Waals surface area contributed by atoms with Gasteiger partial charge in [0.1, 0.15) is 0 Å². The number of benzene rings is 1. The van der Waals surface area contributed by atoms with Crippen molar-refractivity contribution in [2.45, 2.75) is 52.5 Å². The van der Waals surface area contributed by atoms with Crippen LogP contribution in [0, 0.1) is 20.8 Å². The van der Waals surface area contributed by atoms with E-state index in [4.69, 9.17) is 0 Å². The Bertz CT molecular complexity index is 876. The molecule has 1 aromatic carbocycles. The van der Waals surface area contributed by atoms with Crippen LogP contribution in [0.25, 0.3) is 5.69 Å². The minimum absolute atomic E-state index is 0.111. The van der Waals surface area contributed by atoms with Crippen LogP contribution < -0.4 is 10.7 Å². The molecule has 6 nitrogen and oxygen atoms in total. The van der Waals surface area contributed by atoms with Crippen molar-refractivity contribution in [1.82, 2.24) is 15.3 Å². The van der Waals surface area contributed by atoms with Crippen LogP contribution in [0.15, 0.2) is 35.4 Å². The van der Waals surface area contributed by atoms with Crippen molar-refractivity contribution >= 4 is 18.0 Å². The SMILES string of the molecule is Cc1ccccc1-n1c(C)cc(/C=N\NC(=O)C(=O)NC2CCCC2)c1C. The molecule has 2 aromatic rings. The summed E-state index contributed by atoms with van der Waals surface area (Å²) in [6, 6.07) is 10.3. The first kappa shape index (κ1) is 18.9. The van der Waals surface area contributed by atoms with Crippen molar-refractivity contribution in [1.29, 1.82) is 0 Å². The van der Waals surface area contributed by atoms with Crippen LogP contribution in [-0.2, 0) is 9.59 Å². The van der Waals surface area contributed by atoms with Crippen molar-refractivity contribution < 1.29 is 9.59 Å². The van der Waals surface area contributed by atoms with Crippen LogP contribution in [-0.4, -0.2) is 28.6 Å². The first-order chi connectivity index (χ1) is 13.0. The average Bonchev–Trinajstić information content (AvgIpc) is 3.24. The Hall–Kier alpha value is -2.89. The second-order valence-corrected chi connectivity index (χ2v) is 7.10. The topological polar surface area (TPSA) is 75.5 Å². The van der Waals surface area contributed by atoms with E-state index in [2.05, 4.69) is 39.5 Å². The van der Waals surface area contributed by atoms with Gasteiger partial charge >= 0.3 is 11.8 Å². The van der Waals surface area contributed by atoms with Crippen molar-refractivity contribution in [3.8, 4) is 5.69 Å². The summed E-state index contributed by atoms with van der Waals surface area (Å²) in [5.41, 5.74) is 7.62. The maximum Gasteiger partial charge on any atom is 0.329 e. The molecule has 1 aliphatic rings. The highest BCUT2D eigenvalue weighted by Crippen LogP contribution is 2.22. The number of hydrogen-bond acceptors (Lipinski definition) is 3. The highest BCUT2D eigenvalue weighted by atomic mass is 16.2. The Kier molecular flexibility index (Phi) is 5.74. The predicted octanol–water partition coefficient (Wildman–Crippen LogP) is 2.91. The van der Waals surface area contributed by atoms with E-state index in [9.17, 15) is 9.59 Å². The van der Waals surface area contributed by atoms with Crippen molar-refractivity contribution in [3.05, 3.63) is 52.8 Å². The Morgan fingerprint density at radius 2 is 1.81 bits per heavy atom. The minimum Gasteiger partial charge on any atom is -0.345 e. The maximum absolute atomic E-state index is 11.9. The van der Waals surface area contributed by atoms with E-state index in [0.717, 1.165) is 48.3 Å². The second-order valence-electron chi connectivity index (χ2n) is 7.10. The zero-order valence-corrected chi connectivity index (χ0v) is 16.1. The molecule has 1 saturated carbocycles. The van der Waals surface area contributed by atoms with Crippen LogP contribution in [0.1, 0.15) is 48.2 Å². The average molecular weight is 366 g/mol. The van der Waals surface area contributed by atoms with E-state index in [1.165, 1.54) is 5.56 Å². The lowest BCUT2D eigenvalue weighted by Gasteiger charge is -2.12. The highest BCUT2D eigenvalue weighted by Gasteiger charge is 2.21. The molecule has 0 radical (unpaired) electrons. The molecule has 1 aliphatic carbocycles. The maximum atomic E-state index is 11.9. The molecule has 1 aromatic heterocycles. The van der Waals surface area contributed by atoms with Gasteiger partial charge in [0.15, 0.2) is 0 Å². The number of carbonyl (C=O) groups excluding carboxylic acids is 2. The van der Waals surface area contributed by atoms with Gasteiger partial charge in [0.2, 0.25) is 0 Å². The van der Waals surface area contributed by atoms with Crippen LogP contribution in [0.3, 0.4) is 0 Å².